The first-order valence-electron chi connectivity index (χ1n) is 10.1. The maximum absolute atomic E-state index is 14.0. The van der Waals surface area contributed by atoms with Crippen molar-refractivity contribution in [1.82, 2.24) is 13.8 Å². The fourth-order valence-electron chi connectivity index (χ4n) is 3.89. The molecule has 0 radical (unpaired) electrons. The summed E-state index contributed by atoms with van der Waals surface area (Å²) in [5.74, 6) is -2.66. The van der Waals surface area contributed by atoms with E-state index in [4.69, 9.17) is 4.74 Å². The van der Waals surface area contributed by atoms with Crippen LogP contribution in [0, 0.1) is 11.6 Å². The minimum atomic E-state index is -4.24. The van der Waals surface area contributed by atoms with E-state index in [1.165, 1.54) is 12.0 Å². The number of halogens is 2. The Balaban J connectivity index is 1.47. The second-order valence-corrected chi connectivity index (χ2v) is 9.45. The molecule has 0 spiro atoms. The highest BCUT2D eigenvalue weighted by molar-refractivity contribution is 7.89. The Morgan fingerprint density at radius 2 is 1.73 bits per heavy atom. The molecule has 11 heteroatoms. The van der Waals surface area contributed by atoms with Gasteiger partial charge in [-0.1, -0.05) is 18.2 Å². The van der Waals surface area contributed by atoms with Crippen LogP contribution in [0.4, 0.5) is 8.78 Å². The van der Waals surface area contributed by atoms with E-state index in [2.05, 4.69) is 0 Å². The van der Waals surface area contributed by atoms with E-state index < -0.39 is 32.5 Å². The van der Waals surface area contributed by atoms with Crippen molar-refractivity contribution in [2.45, 2.75) is 11.4 Å². The first kappa shape index (κ1) is 22.9. The lowest BCUT2D eigenvalue weighted by Crippen LogP contribution is -2.51. The molecule has 0 saturated carbocycles. The lowest BCUT2D eigenvalue weighted by molar-refractivity contribution is -0.132. The zero-order valence-electron chi connectivity index (χ0n) is 17.7. The molecule has 0 unspecified atom stereocenters. The number of carbonyl (C=O) groups excluding carboxylic acids is 2. The standard InChI is InChI=1S/C22H21F2N3O5S/c1-32-22(29)17-13-26(19-5-3-2-4-16(17)19)14-21(28)25-8-10-27(11-9-25)33(30,31)20-12-15(23)6-7-18(20)24/h2-7,12-13H,8-11,14H2,1H3. The number of hydrogen-bond donors (Lipinski definition) is 0. The molecule has 1 aromatic heterocycles. The van der Waals surface area contributed by atoms with Crippen molar-refractivity contribution in [3.05, 3.63) is 65.9 Å². The summed E-state index contributed by atoms with van der Waals surface area (Å²) in [5, 5.41) is 0.658. The molecule has 0 aliphatic carbocycles. The third-order valence-corrected chi connectivity index (χ3v) is 7.52. The maximum Gasteiger partial charge on any atom is 0.340 e. The predicted molar refractivity (Wildman–Crippen MR) is 115 cm³/mol. The lowest BCUT2D eigenvalue weighted by atomic mass is 10.2. The van der Waals surface area contributed by atoms with Gasteiger partial charge in [-0.2, -0.15) is 4.31 Å². The van der Waals surface area contributed by atoms with E-state index in [1.54, 1.807) is 35.0 Å². The van der Waals surface area contributed by atoms with Crippen LogP contribution in [0.25, 0.3) is 10.9 Å². The number of hydrogen-bond acceptors (Lipinski definition) is 5. The summed E-state index contributed by atoms with van der Waals surface area (Å²) < 4.78 is 60.5. The van der Waals surface area contributed by atoms with Crippen molar-refractivity contribution in [1.29, 1.82) is 0 Å². The zero-order valence-corrected chi connectivity index (χ0v) is 18.5. The van der Waals surface area contributed by atoms with Crippen LogP contribution >= 0.6 is 0 Å². The third kappa shape index (κ3) is 4.33. The Morgan fingerprint density at radius 3 is 2.42 bits per heavy atom. The largest absolute Gasteiger partial charge is 0.465 e. The minimum Gasteiger partial charge on any atom is -0.465 e. The quantitative estimate of drug-likeness (QED) is 0.526. The predicted octanol–water partition coefficient (Wildman–Crippen LogP) is 2.24. The van der Waals surface area contributed by atoms with Crippen LogP contribution in [0.5, 0.6) is 0 Å². The van der Waals surface area contributed by atoms with Crippen molar-refractivity contribution < 1.29 is 31.5 Å². The number of amides is 1. The third-order valence-electron chi connectivity index (χ3n) is 5.60. The molecular weight excluding hydrogens is 456 g/mol. The molecule has 1 aliphatic rings. The van der Waals surface area contributed by atoms with Crippen LogP contribution in [-0.4, -0.2) is 67.4 Å². The van der Waals surface area contributed by atoms with Crippen molar-refractivity contribution in [3.8, 4) is 0 Å². The number of fused-ring (bicyclic) bond motifs is 1. The fraction of sp³-hybridized carbons (Fsp3) is 0.273. The highest BCUT2D eigenvalue weighted by Crippen LogP contribution is 2.24. The van der Waals surface area contributed by atoms with Gasteiger partial charge in [0, 0.05) is 43.3 Å². The first-order chi connectivity index (χ1) is 15.7. The molecule has 174 valence electrons. The van der Waals surface area contributed by atoms with Gasteiger partial charge in [-0.3, -0.25) is 4.79 Å². The highest BCUT2D eigenvalue weighted by Gasteiger charge is 2.32. The summed E-state index contributed by atoms with van der Waals surface area (Å²) in [6.07, 6.45) is 1.56. The number of carbonyl (C=O) groups is 2. The van der Waals surface area contributed by atoms with Crippen molar-refractivity contribution >= 4 is 32.8 Å². The summed E-state index contributed by atoms with van der Waals surface area (Å²) in [7, 11) is -2.96. The molecule has 1 aliphatic heterocycles. The number of piperazine rings is 1. The number of esters is 1. The van der Waals surface area contributed by atoms with Gasteiger partial charge >= 0.3 is 5.97 Å². The molecular formula is C22H21F2N3O5S. The Hall–Kier alpha value is -3.31. The summed E-state index contributed by atoms with van der Waals surface area (Å²) in [6.45, 7) is 0.0344. The van der Waals surface area contributed by atoms with Gasteiger partial charge in [-0.25, -0.2) is 22.0 Å². The normalized spacial score (nSPS) is 15.1. The van der Waals surface area contributed by atoms with E-state index in [0.717, 1.165) is 16.4 Å². The van der Waals surface area contributed by atoms with Gasteiger partial charge < -0.3 is 14.2 Å². The number of benzene rings is 2. The van der Waals surface area contributed by atoms with Crippen molar-refractivity contribution in [2.24, 2.45) is 0 Å². The Labute approximate surface area is 189 Å². The van der Waals surface area contributed by atoms with Gasteiger partial charge in [0.15, 0.2) is 0 Å². The zero-order chi connectivity index (χ0) is 23.8. The van der Waals surface area contributed by atoms with E-state index in [9.17, 15) is 26.8 Å². The highest BCUT2D eigenvalue weighted by atomic mass is 32.2. The summed E-state index contributed by atoms with van der Waals surface area (Å²) in [4.78, 5) is 25.7. The van der Waals surface area contributed by atoms with Gasteiger partial charge in [-0.05, 0) is 24.3 Å². The fourth-order valence-corrected chi connectivity index (χ4v) is 5.39. The number of sulfonamides is 1. The molecule has 1 saturated heterocycles. The number of para-hydroxylation sites is 1. The van der Waals surface area contributed by atoms with E-state index in [-0.39, 0.29) is 38.6 Å². The lowest BCUT2D eigenvalue weighted by Gasteiger charge is -2.34. The topological polar surface area (TPSA) is 88.9 Å². The van der Waals surface area contributed by atoms with Crippen molar-refractivity contribution in [3.63, 3.8) is 0 Å². The monoisotopic (exact) mass is 477 g/mol. The molecule has 2 aromatic carbocycles. The average Bonchev–Trinajstić information content (AvgIpc) is 3.18. The van der Waals surface area contributed by atoms with Crippen LogP contribution in [0.15, 0.2) is 53.6 Å². The first-order valence-corrected chi connectivity index (χ1v) is 11.6. The van der Waals surface area contributed by atoms with Crippen LogP contribution in [-0.2, 0) is 26.1 Å². The second kappa shape index (κ2) is 8.91. The van der Waals surface area contributed by atoms with Gasteiger partial charge in [0.1, 0.15) is 23.1 Å². The number of nitrogens with zero attached hydrogens (tertiary/aromatic N) is 3. The number of aromatic nitrogens is 1. The Morgan fingerprint density at radius 1 is 1.03 bits per heavy atom. The minimum absolute atomic E-state index is 0.0517. The Bertz CT molecular complexity index is 1330. The van der Waals surface area contributed by atoms with Crippen LogP contribution in [0.2, 0.25) is 0 Å². The number of ether oxygens (including phenoxy) is 1. The molecule has 1 fully saturated rings. The molecule has 0 atom stereocenters. The number of rotatable bonds is 5. The molecule has 2 heterocycles. The summed E-state index contributed by atoms with van der Waals surface area (Å²) >= 11 is 0. The van der Waals surface area contributed by atoms with E-state index in [0.29, 0.717) is 22.5 Å². The summed E-state index contributed by atoms with van der Waals surface area (Å²) in [6, 6.07) is 9.39. The second-order valence-electron chi connectivity index (χ2n) is 7.54. The van der Waals surface area contributed by atoms with Crippen LogP contribution in [0.3, 0.4) is 0 Å². The van der Waals surface area contributed by atoms with Gasteiger partial charge in [-0.15, -0.1) is 0 Å². The van der Waals surface area contributed by atoms with Gasteiger partial charge in [0.05, 0.1) is 12.7 Å². The number of methoxy groups -OCH3 is 1. The molecule has 0 bridgehead atoms. The summed E-state index contributed by atoms with van der Waals surface area (Å²) in [5.41, 5.74) is 1.03. The average molecular weight is 477 g/mol. The van der Waals surface area contributed by atoms with Gasteiger partial charge in [0.25, 0.3) is 0 Å². The Kier molecular flexibility index (Phi) is 6.17. The molecule has 33 heavy (non-hydrogen) atoms. The molecule has 0 N–H and O–H groups in total. The van der Waals surface area contributed by atoms with Crippen LogP contribution in [0.1, 0.15) is 10.4 Å². The van der Waals surface area contributed by atoms with Gasteiger partial charge in [0.2, 0.25) is 15.9 Å². The SMILES string of the molecule is COC(=O)c1cn(CC(=O)N2CCN(S(=O)(=O)c3cc(F)ccc3F)CC2)c2ccccc12. The van der Waals surface area contributed by atoms with E-state index in [1.807, 2.05) is 0 Å². The molecule has 1 amide bonds. The maximum atomic E-state index is 14.0. The molecule has 3 aromatic rings. The smallest absolute Gasteiger partial charge is 0.340 e. The molecule has 8 nitrogen and oxygen atoms in total. The molecule has 4 rings (SSSR count). The van der Waals surface area contributed by atoms with Crippen molar-refractivity contribution in [2.75, 3.05) is 33.3 Å². The van der Waals surface area contributed by atoms with Crippen LogP contribution < -0.4 is 0 Å². The van der Waals surface area contributed by atoms with E-state index >= 15 is 0 Å².